The monoisotopic (exact) mass is 540 g/mol. The average molecular weight is 541 g/mol. The fraction of sp³-hybridized carbons (Fsp3) is 0.273. The summed E-state index contributed by atoms with van der Waals surface area (Å²) in [6.45, 7) is 8.62. The molecule has 2 aromatic carbocycles. The quantitative estimate of drug-likeness (QED) is 0.351. The van der Waals surface area contributed by atoms with Crippen LogP contribution in [0.3, 0.4) is 0 Å². The molecule has 0 atom stereocenters. The van der Waals surface area contributed by atoms with E-state index < -0.39 is 0 Å². The Bertz CT molecular complexity index is 1360. The number of hydrogen-bond acceptors (Lipinski definition) is 5. The Balaban J connectivity index is 1.25. The second-order valence-corrected chi connectivity index (χ2v) is 9.36. The maximum Gasteiger partial charge on any atom is 0.214 e. The smallest absolute Gasteiger partial charge is 0.214 e. The second-order valence-electron chi connectivity index (χ2n) is 9.36. The van der Waals surface area contributed by atoms with E-state index in [1.54, 1.807) is 0 Å². The van der Waals surface area contributed by atoms with Crippen molar-refractivity contribution in [3.63, 3.8) is 0 Å². The molecule has 0 saturated carbocycles. The van der Waals surface area contributed by atoms with Crippen molar-refractivity contribution in [2.24, 2.45) is 0 Å². The summed E-state index contributed by atoms with van der Waals surface area (Å²) in [6, 6.07) is 22.9. The maximum atomic E-state index is 6.03. The van der Waals surface area contributed by atoms with Crippen LogP contribution in [0.4, 0.5) is 0 Å². The van der Waals surface area contributed by atoms with Gasteiger partial charge >= 0.3 is 0 Å². The lowest BCUT2D eigenvalue weighted by atomic mass is 10.1. The molecule has 2 aromatic heterocycles. The molecule has 4 aromatic rings. The number of fused-ring (bicyclic) bond motifs is 1. The predicted octanol–water partition coefficient (Wildman–Crippen LogP) is 4.43. The summed E-state index contributed by atoms with van der Waals surface area (Å²) in [6.07, 6.45) is 10.2. The van der Waals surface area contributed by atoms with Crippen molar-refractivity contribution < 1.29 is 32.8 Å². The van der Waals surface area contributed by atoms with E-state index in [0.29, 0.717) is 64.4 Å². The van der Waals surface area contributed by atoms with E-state index in [4.69, 9.17) is 23.7 Å². The van der Waals surface area contributed by atoms with Gasteiger partial charge in [0.1, 0.15) is 13.2 Å². The van der Waals surface area contributed by atoms with Gasteiger partial charge in [-0.1, -0.05) is 36.9 Å². The first-order valence-electron chi connectivity index (χ1n) is 13.6. The molecule has 3 heterocycles. The lowest BCUT2D eigenvalue weighted by molar-refractivity contribution is -0.688. The fourth-order valence-electron chi connectivity index (χ4n) is 4.37. The molecular weight excluding hydrogens is 504 g/mol. The summed E-state index contributed by atoms with van der Waals surface area (Å²) in [5, 5.41) is 0. The number of pyridine rings is 2. The molecule has 7 heteroatoms. The highest BCUT2D eigenvalue weighted by molar-refractivity contribution is 5.61. The number of ether oxygens (including phenoxy) is 5. The molecule has 7 nitrogen and oxygen atoms in total. The van der Waals surface area contributed by atoms with Crippen LogP contribution in [-0.2, 0) is 20.8 Å². The zero-order valence-corrected chi connectivity index (χ0v) is 22.7. The van der Waals surface area contributed by atoms with Gasteiger partial charge in [-0.3, -0.25) is 0 Å². The summed E-state index contributed by atoms with van der Waals surface area (Å²) in [5.74, 6) is 1.36. The van der Waals surface area contributed by atoms with Crippen molar-refractivity contribution in [2.75, 3.05) is 52.9 Å². The highest BCUT2D eigenvalue weighted by atomic mass is 16.6. The Morgan fingerprint density at radius 1 is 0.600 bits per heavy atom. The lowest BCUT2D eigenvalue weighted by Gasteiger charge is -2.13. The van der Waals surface area contributed by atoms with Crippen LogP contribution >= 0.6 is 0 Å². The van der Waals surface area contributed by atoms with Gasteiger partial charge < -0.3 is 23.7 Å². The van der Waals surface area contributed by atoms with Crippen LogP contribution < -0.4 is 18.6 Å². The van der Waals surface area contributed by atoms with E-state index in [1.807, 2.05) is 24.3 Å². The van der Waals surface area contributed by atoms with Crippen molar-refractivity contribution in [1.82, 2.24) is 0 Å². The van der Waals surface area contributed by atoms with E-state index in [9.17, 15) is 0 Å². The average Bonchev–Trinajstić information content (AvgIpc) is 3.01. The van der Waals surface area contributed by atoms with E-state index >= 15 is 0 Å². The molecule has 1 aliphatic heterocycles. The Hall–Kier alpha value is -4.04. The van der Waals surface area contributed by atoms with E-state index in [2.05, 4.69) is 89.0 Å². The molecule has 206 valence electrons. The Morgan fingerprint density at radius 3 is 1.75 bits per heavy atom. The first kappa shape index (κ1) is 27.5. The zero-order valence-electron chi connectivity index (χ0n) is 22.7. The van der Waals surface area contributed by atoms with Crippen LogP contribution in [-0.4, -0.2) is 52.9 Å². The Labute approximate surface area is 235 Å². The molecule has 0 unspecified atom stereocenters. The highest BCUT2D eigenvalue weighted by Crippen LogP contribution is 2.29. The second kappa shape index (κ2) is 14.4. The summed E-state index contributed by atoms with van der Waals surface area (Å²) in [4.78, 5) is 0. The van der Waals surface area contributed by atoms with E-state index in [-0.39, 0.29) is 0 Å². The first-order valence-corrected chi connectivity index (χ1v) is 13.6. The minimum absolute atomic E-state index is 0.425. The largest absolute Gasteiger partial charge is 0.487 e. The standard InChI is InChI=1S/C33H36N2O5/c1-2-27-3-5-28(6-4-27)26-34-13-9-29(10-14-34)30-11-15-35(16-12-30)31-7-8-32-33(25-31)40-24-22-38-20-18-36-17-19-37-21-23-39-32/h2-16,25H,1,17-24,26H2/q+2. The van der Waals surface area contributed by atoms with Gasteiger partial charge in [0.25, 0.3) is 0 Å². The molecular formula is C33H36N2O5+2. The molecule has 0 aliphatic carbocycles. The number of benzene rings is 2. The van der Waals surface area contributed by atoms with Crippen LogP contribution in [0.1, 0.15) is 11.1 Å². The fourth-order valence-corrected chi connectivity index (χ4v) is 4.37. The van der Waals surface area contributed by atoms with Crippen molar-refractivity contribution >= 4 is 6.08 Å². The minimum Gasteiger partial charge on any atom is -0.487 e. The molecule has 5 rings (SSSR count). The highest BCUT2D eigenvalue weighted by Gasteiger charge is 2.14. The van der Waals surface area contributed by atoms with Crippen LogP contribution in [0.25, 0.3) is 22.9 Å². The van der Waals surface area contributed by atoms with Crippen LogP contribution in [0.5, 0.6) is 11.5 Å². The number of aromatic nitrogens is 2. The SMILES string of the molecule is C=Cc1ccc(C[n+]2ccc(-c3cc[n+](-c4ccc5c(c4)OCCOCCOCCOCCO5)cc3)cc2)cc1. The third-order valence-corrected chi connectivity index (χ3v) is 6.57. The minimum atomic E-state index is 0.425. The van der Waals surface area contributed by atoms with Gasteiger partial charge in [-0.2, -0.15) is 4.57 Å². The third-order valence-electron chi connectivity index (χ3n) is 6.57. The molecule has 0 N–H and O–H groups in total. The molecule has 0 radical (unpaired) electrons. The number of rotatable bonds is 5. The van der Waals surface area contributed by atoms with Gasteiger partial charge in [0, 0.05) is 35.9 Å². The van der Waals surface area contributed by atoms with Crippen molar-refractivity contribution in [3.05, 3.63) is 109 Å². The predicted molar refractivity (Wildman–Crippen MR) is 153 cm³/mol. The Kier molecular flexibility index (Phi) is 9.89. The number of hydrogen-bond donors (Lipinski definition) is 0. The summed E-state index contributed by atoms with van der Waals surface area (Å²) in [7, 11) is 0. The van der Waals surface area contributed by atoms with Crippen molar-refractivity contribution in [2.45, 2.75) is 6.54 Å². The molecule has 40 heavy (non-hydrogen) atoms. The molecule has 0 fully saturated rings. The molecule has 0 amide bonds. The molecule has 0 spiro atoms. The summed E-state index contributed by atoms with van der Waals surface area (Å²) >= 11 is 0. The first-order chi connectivity index (χ1) is 19.8. The third kappa shape index (κ3) is 7.76. The van der Waals surface area contributed by atoms with Gasteiger partial charge in [-0.15, -0.1) is 0 Å². The number of nitrogens with zero attached hydrogens (tertiary/aromatic N) is 2. The van der Waals surface area contributed by atoms with Crippen molar-refractivity contribution in [3.8, 4) is 28.3 Å². The van der Waals surface area contributed by atoms with Gasteiger partial charge in [0.15, 0.2) is 42.8 Å². The lowest BCUT2D eigenvalue weighted by Crippen LogP contribution is -2.33. The van der Waals surface area contributed by atoms with Crippen LogP contribution in [0, 0.1) is 0 Å². The van der Waals surface area contributed by atoms with Gasteiger partial charge in [0.2, 0.25) is 5.69 Å². The molecule has 0 saturated heterocycles. The summed E-state index contributed by atoms with van der Waals surface area (Å²) < 4.78 is 32.9. The van der Waals surface area contributed by atoms with Crippen molar-refractivity contribution in [1.29, 1.82) is 0 Å². The molecule has 1 aliphatic rings. The maximum absolute atomic E-state index is 6.03. The van der Waals surface area contributed by atoms with E-state index in [1.165, 1.54) is 5.56 Å². The van der Waals surface area contributed by atoms with Crippen LogP contribution in [0.15, 0.2) is 98.1 Å². The van der Waals surface area contributed by atoms with Crippen LogP contribution in [0.2, 0.25) is 0 Å². The normalized spacial score (nSPS) is 15.0. The van der Waals surface area contributed by atoms with Gasteiger partial charge in [-0.05, 0) is 22.8 Å². The summed E-state index contributed by atoms with van der Waals surface area (Å²) in [5.41, 5.74) is 5.67. The van der Waals surface area contributed by atoms with Gasteiger partial charge in [0.05, 0.1) is 45.7 Å². The van der Waals surface area contributed by atoms with Gasteiger partial charge in [-0.25, -0.2) is 4.57 Å². The zero-order chi connectivity index (χ0) is 27.4. The van der Waals surface area contributed by atoms with E-state index in [0.717, 1.165) is 28.9 Å². The molecule has 0 bridgehead atoms. The topological polar surface area (TPSA) is 53.9 Å². The Morgan fingerprint density at radius 2 is 1.15 bits per heavy atom.